The van der Waals surface area contributed by atoms with Gasteiger partial charge in [0.15, 0.2) is 0 Å². The molecule has 2 N–H and O–H groups in total. The predicted molar refractivity (Wildman–Crippen MR) is 83.2 cm³/mol. The van der Waals surface area contributed by atoms with Crippen LogP contribution >= 0.6 is 0 Å². The van der Waals surface area contributed by atoms with Gasteiger partial charge in [-0.05, 0) is 37.0 Å². The van der Waals surface area contributed by atoms with E-state index in [4.69, 9.17) is 0 Å². The van der Waals surface area contributed by atoms with Crippen LogP contribution < -0.4 is 0 Å². The highest BCUT2D eigenvalue weighted by Crippen LogP contribution is 2.45. The number of benzene rings is 1. The van der Waals surface area contributed by atoms with Gasteiger partial charge in [0, 0.05) is 13.1 Å². The summed E-state index contributed by atoms with van der Waals surface area (Å²) in [5.74, 6) is -3.14. The summed E-state index contributed by atoms with van der Waals surface area (Å²) < 4.78 is 53.6. The van der Waals surface area contributed by atoms with Crippen LogP contribution in [0.15, 0.2) is 23.1 Å². The molecule has 2 atom stereocenters. The fourth-order valence-corrected chi connectivity index (χ4v) is 5.00. The maximum absolute atomic E-state index is 13.9. The monoisotopic (exact) mass is 375 g/mol. The molecule has 6 nitrogen and oxygen atoms in total. The minimum atomic E-state index is -4.41. The number of aliphatic hydroxyl groups is 1. The Hall–Kier alpha value is -1.58. The van der Waals surface area contributed by atoms with Gasteiger partial charge >= 0.3 is 5.97 Å². The van der Waals surface area contributed by atoms with E-state index < -0.39 is 50.6 Å². The first-order valence-corrected chi connectivity index (χ1v) is 9.47. The first kappa shape index (κ1) is 18.2. The minimum absolute atomic E-state index is 0.0742. The molecule has 1 heterocycles. The van der Waals surface area contributed by atoms with Crippen molar-refractivity contribution in [1.82, 2.24) is 4.31 Å². The van der Waals surface area contributed by atoms with Crippen molar-refractivity contribution in [2.75, 3.05) is 13.1 Å². The lowest BCUT2D eigenvalue weighted by Gasteiger charge is -2.42. The predicted octanol–water partition coefficient (Wildman–Crippen LogP) is 1.59. The van der Waals surface area contributed by atoms with Crippen LogP contribution in [-0.4, -0.2) is 48.1 Å². The van der Waals surface area contributed by atoms with Crippen molar-refractivity contribution in [2.24, 2.45) is 11.3 Å². The third-order valence-corrected chi connectivity index (χ3v) is 6.90. The minimum Gasteiger partial charge on any atom is -0.481 e. The fraction of sp³-hybridized carbons (Fsp3) is 0.562. The zero-order chi connectivity index (χ0) is 18.4. The van der Waals surface area contributed by atoms with E-state index in [0.29, 0.717) is 6.07 Å². The molecule has 9 heteroatoms. The molecule has 1 aliphatic heterocycles. The van der Waals surface area contributed by atoms with Crippen molar-refractivity contribution in [3.8, 4) is 0 Å². The number of hydrogen-bond acceptors (Lipinski definition) is 4. The Morgan fingerprint density at radius 2 is 1.96 bits per heavy atom. The van der Waals surface area contributed by atoms with E-state index >= 15 is 0 Å². The lowest BCUT2D eigenvalue weighted by molar-refractivity contribution is -0.162. The van der Waals surface area contributed by atoms with Gasteiger partial charge in [-0.25, -0.2) is 17.2 Å². The van der Waals surface area contributed by atoms with Gasteiger partial charge in [-0.1, -0.05) is 12.8 Å². The molecule has 138 valence electrons. The number of halogens is 2. The van der Waals surface area contributed by atoms with Crippen molar-refractivity contribution in [3.05, 3.63) is 29.8 Å². The number of aliphatic carboxylic acids is 1. The van der Waals surface area contributed by atoms with Gasteiger partial charge in [-0.15, -0.1) is 0 Å². The number of rotatable bonds is 5. The molecule has 0 bridgehead atoms. The third-order valence-electron chi connectivity index (χ3n) is 5.04. The first-order chi connectivity index (χ1) is 11.7. The normalized spacial score (nSPS) is 28.0. The van der Waals surface area contributed by atoms with E-state index in [1.54, 1.807) is 0 Å². The summed E-state index contributed by atoms with van der Waals surface area (Å²) in [6, 6.07) is 2.11. The molecule has 0 radical (unpaired) electrons. The van der Waals surface area contributed by atoms with Crippen LogP contribution in [0, 0.1) is 23.0 Å². The van der Waals surface area contributed by atoms with E-state index in [2.05, 4.69) is 0 Å². The Bertz CT molecular complexity index is 796. The first-order valence-electron chi connectivity index (χ1n) is 8.03. The Morgan fingerprint density at radius 1 is 1.28 bits per heavy atom. The van der Waals surface area contributed by atoms with E-state index in [1.807, 2.05) is 0 Å². The van der Waals surface area contributed by atoms with Gasteiger partial charge in [0.2, 0.25) is 10.0 Å². The number of carbonyl (C=O) groups is 1. The van der Waals surface area contributed by atoms with E-state index in [1.165, 1.54) is 0 Å². The highest BCUT2D eigenvalue weighted by molar-refractivity contribution is 7.89. The molecule has 3 rings (SSSR count). The molecule has 1 saturated heterocycles. The second-order valence-electron chi connectivity index (χ2n) is 6.83. The summed E-state index contributed by atoms with van der Waals surface area (Å²) in [6.07, 6.45) is 0.588. The number of aliphatic hydroxyl groups excluding tert-OH is 1. The van der Waals surface area contributed by atoms with E-state index in [-0.39, 0.29) is 25.3 Å². The van der Waals surface area contributed by atoms with Gasteiger partial charge in [0.25, 0.3) is 0 Å². The van der Waals surface area contributed by atoms with Crippen molar-refractivity contribution in [2.45, 2.75) is 36.7 Å². The maximum atomic E-state index is 13.9. The van der Waals surface area contributed by atoms with Crippen LogP contribution in [0.4, 0.5) is 8.78 Å². The fourth-order valence-electron chi connectivity index (χ4n) is 3.40. The number of piperidine rings is 1. The number of nitrogens with zero attached hydrogens (tertiary/aromatic N) is 1. The van der Waals surface area contributed by atoms with E-state index in [0.717, 1.165) is 29.3 Å². The van der Waals surface area contributed by atoms with Crippen LogP contribution in [0.25, 0.3) is 0 Å². The lowest BCUT2D eigenvalue weighted by atomic mass is 9.74. The van der Waals surface area contributed by atoms with Crippen LogP contribution in [0.3, 0.4) is 0 Å². The number of hydrogen-bond donors (Lipinski definition) is 2. The molecule has 1 saturated carbocycles. The number of carboxylic acids is 1. The molecule has 0 unspecified atom stereocenters. The Balaban J connectivity index is 1.96. The molecule has 25 heavy (non-hydrogen) atoms. The molecular weight excluding hydrogens is 356 g/mol. The van der Waals surface area contributed by atoms with Gasteiger partial charge in [-0.3, -0.25) is 4.79 Å². The smallest absolute Gasteiger partial charge is 0.313 e. The lowest BCUT2D eigenvalue weighted by Crippen LogP contribution is -2.57. The van der Waals surface area contributed by atoms with Gasteiger partial charge in [0.1, 0.15) is 21.9 Å². The van der Waals surface area contributed by atoms with Crippen molar-refractivity contribution in [1.29, 1.82) is 0 Å². The maximum Gasteiger partial charge on any atom is 0.313 e. The molecule has 2 fully saturated rings. The molecule has 2 aliphatic rings. The second kappa shape index (κ2) is 6.30. The average molecular weight is 375 g/mol. The summed E-state index contributed by atoms with van der Waals surface area (Å²) in [6.45, 7) is -0.614. The zero-order valence-electron chi connectivity index (χ0n) is 13.4. The van der Waals surface area contributed by atoms with Crippen molar-refractivity contribution >= 4 is 16.0 Å². The van der Waals surface area contributed by atoms with Crippen molar-refractivity contribution in [3.63, 3.8) is 0 Å². The summed E-state index contributed by atoms with van der Waals surface area (Å²) in [5.41, 5.74) is -1.63. The van der Waals surface area contributed by atoms with Gasteiger partial charge in [-0.2, -0.15) is 4.31 Å². The number of carboxylic acid groups (broad SMARTS) is 1. The van der Waals surface area contributed by atoms with Crippen LogP contribution in [0.1, 0.15) is 25.7 Å². The molecular formula is C16H19F2NO5S. The van der Waals surface area contributed by atoms with Crippen LogP contribution in [0.5, 0.6) is 0 Å². The zero-order valence-corrected chi connectivity index (χ0v) is 14.2. The summed E-state index contributed by atoms with van der Waals surface area (Å²) in [5, 5.41) is 20.0. The largest absolute Gasteiger partial charge is 0.481 e. The topological polar surface area (TPSA) is 94.9 Å². The van der Waals surface area contributed by atoms with E-state index in [9.17, 15) is 32.2 Å². The highest BCUT2D eigenvalue weighted by Gasteiger charge is 2.53. The second-order valence-corrected chi connectivity index (χ2v) is 8.73. The molecule has 0 aromatic heterocycles. The average Bonchev–Trinajstić information content (AvgIpc) is 3.35. The van der Waals surface area contributed by atoms with Crippen LogP contribution in [-0.2, 0) is 14.8 Å². The molecule has 1 aliphatic carbocycles. The standard InChI is InChI=1S/C16H19F2NO5S/c17-11-3-4-12(18)13(7-11)25(23,24)19-6-5-14(20)16(9-19,15(21)22)8-10-1-2-10/h3-4,7,10,14,20H,1-2,5-6,8-9H2,(H,21,22)/t14-,16-/m0/s1. The van der Waals surface area contributed by atoms with Crippen LogP contribution in [0.2, 0.25) is 0 Å². The molecule has 1 aromatic carbocycles. The summed E-state index contributed by atoms with van der Waals surface area (Å²) in [4.78, 5) is 11.0. The molecule has 0 amide bonds. The Labute approximate surface area is 144 Å². The summed E-state index contributed by atoms with van der Waals surface area (Å²) in [7, 11) is -4.41. The highest BCUT2D eigenvalue weighted by atomic mass is 32.2. The Morgan fingerprint density at radius 3 is 2.56 bits per heavy atom. The Kier molecular flexibility index (Phi) is 4.59. The third kappa shape index (κ3) is 3.28. The molecule has 1 aromatic rings. The quantitative estimate of drug-likeness (QED) is 0.815. The van der Waals surface area contributed by atoms with Gasteiger partial charge in [0.05, 0.1) is 6.10 Å². The molecule has 0 spiro atoms. The summed E-state index contributed by atoms with van der Waals surface area (Å²) >= 11 is 0. The van der Waals surface area contributed by atoms with Gasteiger partial charge < -0.3 is 10.2 Å². The SMILES string of the molecule is O=C(O)[C@@]1(CC2CC2)CN(S(=O)(=O)c2cc(F)ccc2F)CC[C@@H]1O. The number of sulfonamides is 1. The van der Waals surface area contributed by atoms with Crippen molar-refractivity contribution < 1.29 is 32.2 Å².